The van der Waals surface area contributed by atoms with Gasteiger partial charge in [-0.05, 0) is 97.9 Å². The average molecular weight is 652 g/mol. The van der Waals surface area contributed by atoms with Crippen LogP contribution in [0.3, 0.4) is 0 Å². The van der Waals surface area contributed by atoms with Crippen molar-refractivity contribution in [1.82, 2.24) is 0 Å². The number of nitrogens with zero attached hydrogens (tertiary/aromatic N) is 2. The predicted octanol–water partition coefficient (Wildman–Crippen LogP) is 7.17. The Hall–Kier alpha value is -4.02. The molecule has 2 N–H and O–H groups in total. The number of phenols is 2. The van der Waals surface area contributed by atoms with Crippen LogP contribution < -0.4 is 18.9 Å². The summed E-state index contributed by atoms with van der Waals surface area (Å²) >= 11 is 7.04. The Bertz CT molecular complexity index is 1530. The third kappa shape index (κ3) is 5.43. The molecule has 39 heavy (non-hydrogen) atoms. The molecule has 2 aliphatic heterocycles. The van der Waals surface area contributed by atoms with Gasteiger partial charge < -0.3 is 29.2 Å². The third-order valence-electron chi connectivity index (χ3n) is 6.16. The maximum Gasteiger partial charge on any atom is 0.231 e. The molecule has 0 atom stereocenters. The van der Waals surface area contributed by atoms with Crippen LogP contribution in [0.25, 0.3) is 0 Å². The van der Waals surface area contributed by atoms with E-state index in [0.717, 1.165) is 31.2 Å². The summed E-state index contributed by atoms with van der Waals surface area (Å²) in [6, 6.07) is 17.9. The molecule has 0 radical (unpaired) electrons. The predicted molar refractivity (Wildman–Crippen MR) is 154 cm³/mol. The molecule has 10 heteroatoms. The highest BCUT2D eigenvalue weighted by Crippen LogP contribution is 2.38. The number of fused-ring (bicyclic) bond motifs is 2. The molecule has 2 aliphatic rings. The van der Waals surface area contributed by atoms with Crippen molar-refractivity contribution in [3.8, 4) is 34.5 Å². The minimum atomic E-state index is 0.0668. The van der Waals surface area contributed by atoms with Crippen LogP contribution in [0.1, 0.15) is 22.3 Å². The molecule has 0 aliphatic carbocycles. The van der Waals surface area contributed by atoms with Crippen molar-refractivity contribution in [3.05, 3.63) is 91.9 Å². The first kappa shape index (κ1) is 25.3. The van der Waals surface area contributed by atoms with E-state index in [1.165, 1.54) is 0 Å². The van der Waals surface area contributed by atoms with Crippen LogP contribution in [0.5, 0.6) is 34.5 Å². The van der Waals surface area contributed by atoms with Crippen molar-refractivity contribution >= 4 is 55.7 Å². The van der Waals surface area contributed by atoms with Crippen molar-refractivity contribution in [1.29, 1.82) is 0 Å². The lowest BCUT2D eigenvalue weighted by Crippen LogP contribution is -1.92. The SMILES string of the molecule is Oc1ccc(Cc2ccc(O)c(N=Cc3cc4c(cc3Br)OCO4)c2)cc1N=Cc1cc2c(cc1Br)OCO2. The van der Waals surface area contributed by atoms with Crippen LogP contribution in [0.4, 0.5) is 11.4 Å². The molecule has 4 aromatic rings. The summed E-state index contributed by atoms with van der Waals surface area (Å²) in [5.74, 6) is 2.77. The first-order valence-corrected chi connectivity index (χ1v) is 13.4. The van der Waals surface area contributed by atoms with Crippen LogP contribution in [-0.2, 0) is 6.42 Å². The zero-order chi connectivity index (χ0) is 26.9. The molecule has 4 aromatic carbocycles. The van der Waals surface area contributed by atoms with Gasteiger partial charge >= 0.3 is 0 Å². The van der Waals surface area contributed by atoms with Gasteiger partial charge in [0.05, 0.1) is 0 Å². The van der Waals surface area contributed by atoms with Gasteiger partial charge in [0.2, 0.25) is 13.6 Å². The van der Waals surface area contributed by atoms with E-state index < -0.39 is 0 Å². The highest BCUT2D eigenvalue weighted by molar-refractivity contribution is 9.10. The fraction of sp³-hybridized carbons (Fsp3) is 0.103. The summed E-state index contributed by atoms with van der Waals surface area (Å²) in [5, 5.41) is 20.8. The molecule has 0 amide bonds. The number of ether oxygens (including phenoxy) is 4. The molecular weight excluding hydrogens is 632 g/mol. The first-order chi connectivity index (χ1) is 18.9. The van der Waals surface area contributed by atoms with Gasteiger partial charge in [0.25, 0.3) is 0 Å². The number of halogens is 2. The van der Waals surface area contributed by atoms with E-state index in [0.29, 0.717) is 40.8 Å². The summed E-state index contributed by atoms with van der Waals surface area (Å²) in [6.07, 6.45) is 3.87. The van der Waals surface area contributed by atoms with Gasteiger partial charge in [-0.15, -0.1) is 0 Å². The second-order valence-corrected chi connectivity index (χ2v) is 10.5. The summed E-state index contributed by atoms with van der Waals surface area (Å²) in [6.45, 7) is 0.372. The van der Waals surface area contributed by atoms with Crippen molar-refractivity contribution < 1.29 is 29.2 Å². The maximum atomic E-state index is 10.4. The van der Waals surface area contributed by atoms with Crippen molar-refractivity contribution in [2.75, 3.05) is 13.6 Å². The largest absolute Gasteiger partial charge is 0.506 e. The number of hydrogen-bond donors (Lipinski definition) is 2. The number of hydrogen-bond acceptors (Lipinski definition) is 8. The van der Waals surface area contributed by atoms with E-state index in [2.05, 4.69) is 41.8 Å². The van der Waals surface area contributed by atoms with Crippen molar-refractivity contribution in [2.24, 2.45) is 9.98 Å². The zero-order valence-electron chi connectivity index (χ0n) is 20.2. The first-order valence-electron chi connectivity index (χ1n) is 11.8. The fourth-order valence-corrected chi connectivity index (χ4v) is 4.99. The molecule has 0 saturated heterocycles. The fourth-order valence-electron chi connectivity index (χ4n) is 4.14. The molecular formula is C29H20Br2N2O6. The van der Waals surface area contributed by atoms with E-state index in [9.17, 15) is 10.2 Å². The van der Waals surface area contributed by atoms with Crippen molar-refractivity contribution in [3.63, 3.8) is 0 Å². The molecule has 8 nitrogen and oxygen atoms in total. The second-order valence-electron chi connectivity index (χ2n) is 8.79. The maximum absolute atomic E-state index is 10.4. The lowest BCUT2D eigenvalue weighted by atomic mass is 10.0. The quantitative estimate of drug-likeness (QED) is 0.214. The zero-order valence-corrected chi connectivity index (χ0v) is 23.4. The summed E-state index contributed by atoms with van der Waals surface area (Å²) in [4.78, 5) is 9.01. The summed E-state index contributed by atoms with van der Waals surface area (Å²) in [7, 11) is 0. The van der Waals surface area contributed by atoms with E-state index in [4.69, 9.17) is 18.9 Å². The van der Waals surface area contributed by atoms with E-state index in [1.807, 2.05) is 48.5 Å². The molecule has 0 bridgehead atoms. The van der Waals surface area contributed by atoms with Crippen LogP contribution in [-0.4, -0.2) is 36.2 Å². The summed E-state index contributed by atoms with van der Waals surface area (Å²) in [5.41, 5.74) is 4.31. The Kier molecular flexibility index (Phi) is 6.88. The number of benzene rings is 4. The molecule has 0 unspecified atom stereocenters. The minimum Gasteiger partial charge on any atom is -0.506 e. The Morgan fingerprint density at radius 2 is 1.03 bits per heavy atom. The minimum absolute atomic E-state index is 0.0668. The molecule has 0 aromatic heterocycles. The lowest BCUT2D eigenvalue weighted by molar-refractivity contribution is 0.173. The van der Waals surface area contributed by atoms with E-state index in [-0.39, 0.29) is 25.1 Å². The van der Waals surface area contributed by atoms with Gasteiger partial charge in [-0.1, -0.05) is 12.1 Å². The monoisotopic (exact) mass is 650 g/mol. The average Bonchev–Trinajstić information content (AvgIpc) is 3.57. The van der Waals surface area contributed by atoms with Gasteiger partial charge in [0.1, 0.15) is 22.9 Å². The van der Waals surface area contributed by atoms with Gasteiger partial charge in [-0.2, -0.15) is 0 Å². The molecule has 0 spiro atoms. The Morgan fingerprint density at radius 1 is 0.615 bits per heavy atom. The molecule has 196 valence electrons. The summed E-state index contributed by atoms with van der Waals surface area (Å²) < 4.78 is 23.3. The Labute approximate surface area is 240 Å². The molecule has 0 fully saturated rings. The van der Waals surface area contributed by atoms with Gasteiger partial charge in [0.15, 0.2) is 23.0 Å². The highest BCUT2D eigenvalue weighted by atomic mass is 79.9. The van der Waals surface area contributed by atoms with Crippen LogP contribution >= 0.6 is 31.9 Å². The Morgan fingerprint density at radius 3 is 1.46 bits per heavy atom. The third-order valence-corrected chi connectivity index (χ3v) is 7.53. The topological polar surface area (TPSA) is 102 Å². The van der Waals surface area contributed by atoms with Gasteiger partial charge in [0, 0.05) is 32.5 Å². The second kappa shape index (κ2) is 10.6. The van der Waals surface area contributed by atoms with E-state index >= 15 is 0 Å². The van der Waals surface area contributed by atoms with Crippen molar-refractivity contribution in [2.45, 2.75) is 6.42 Å². The van der Waals surface area contributed by atoms with Gasteiger partial charge in [-0.25, -0.2) is 0 Å². The van der Waals surface area contributed by atoms with Crippen LogP contribution in [0.2, 0.25) is 0 Å². The number of phenolic OH excluding ortho intramolecular Hbond substituents is 2. The normalized spacial score (nSPS) is 13.6. The molecule has 0 saturated carbocycles. The number of rotatable bonds is 6. The van der Waals surface area contributed by atoms with E-state index in [1.54, 1.807) is 24.6 Å². The molecule has 6 rings (SSSR count). The highest BCUT2D eigenvalue weighted by Gasteiger charge is 2.17. The Balaban J connectivity index is 1.21. The number of aliphatic imine (C=N–C) groups is 2. The van der Waals surface area contributed by atoms with Crippen LogP contribution in [0.15, 0.2) is 79.6 Å². The lowest BCUT2D eigenvalue weighted by Gasteiger charge is -2.08. The van der Waals surface area contributed by atoms with Crippen LogP contribution in [0, 0.1) is 0 Å². The van der Waals surface area contributed by atoms with Gasteiger partial charge in [-0.3, -0.25) is 9.98 Å². The standard InChI is InChI=1S/C29H20Br2N2O6/c30-20-10-28-26(36-14-38-28)8-18(20)12-32-22-6-16(1-3-24(22)34)5-17-2-4-25(35)23(7-17)33-13-19-9-27-29(11-21(19)31)39-15-37-27/h1-4,6-13,34-35H,5,14-15H2. The smallest absolute Gasteiger partial charge is 0.231 e. The molecule has 2 heterocycles. The number of aromatic hydroxyl groups is 2.